The van der Waals surface area contributed by atoms with Gasteiger partial charge in [0.1, 0.15) is 0 Å². The largest absolute Gasteiger partial charge is 0.204 e. The van der Waals surface area contributed by atoms with Gasteiger partial charge in [-0.3, -0.25) is 0 Å². The quantitative estimate of drug-likeness (QED) is 0.586. The molecule has 3 heteroatoms. The SMILES string of the molecule is N#C/C=C/c1cccc(F)c1F. The van der Waals surface area contributed by atoms with E-state index in [4.69, 9.17) is 5.26 Å². The smallest absolute Gasteiger partial charge is 0.166 e. The Morgan fingerprint density at radius 1 is 1.33 bits per heavy atom. The van der Waals surface area contributed by atoms with Crippen molar-refractivity contribution in [1.29, 1.82) is 5.26 Å². The summed E-state index contributed by atoms with van der Waals surface area (Å²) in [5.74, 6) is -1.83. The zero-order valence-electron chi connectivity index (χ0n) is 6.09. The van der Waals surface area contributed by atoms with Crippen molar-refractivity contribution in [3.63, 3.8) is 0 Å². The van der Waals surface area contributed by atoms with Gasteiger partial charge in [-0.25, -0.2) is 8.78 Å². The molecule has 0 radical (unpaired) electrons. The van der Waals surface area contributed by atoms with E-state index >= 15 is 0 Å². The van der Waals surface area contributed by atoms with Crippen LogP contribution in [0.3, 0.4) is 0 Å². The Labute approximate surface area is 68.6 Å². The average molecular weight is 165 g/mol. The molecule has 0 heterocycles. The number of allylic oxidation sites excluding steroid dienone is 1. The molecule has 0 spiro atoms. The molecule has 60 valence electrons. The minimum atomic E-state index is -0.927. The summed E-state index contributed by atoms with van der Waals surface area (Å²) in [6.45, 7) is 0. The lowest BCUT2D eigenvalue weighted by atomic mass is 10.2. The monoisotopic (exact) mass is 165 g/mol. The number of nitrogens with zero attached hydrogens (tertiary/aromatic N) is 1. The number of hydrogen-bond donors (Lipinski definition) is 0. The molecule has 0 unspecified atom stereocenters. The first-order chi connectivity index (χ1) is 5.75. The topological polar surface area (TPSA) is 23.8 Å². The van der Waals surface area contributed by atoms with E-state index in [2.05, 4.69) is 0 Å². The van der Waals surface area contributed by atoms with Crippen LogP contribution in [0, 0.1) is 23.0 Å². The van der Waals surface area contributed by atoms with E-state index in [1.165, 1.54) is 18.2 Å². The normalized spacial score (nSPS) is 10.1. The maximum atomic E-state index is 12.8. The van der Waals surface area contributed by atoms with Gasteiger partial charge >= 0.3 is 0 Å². The van der Waals surface area contributed by atoms with Gasteiger partial charge in [-0.1, -0.05) is 12.1 Å². The summed E-state index contributed by atoms with van der Waals surface area (Å²) in [5, 5.41) is 8.13. The van der Waals surface area contributed by atoms with E-state index in [0.717, 1.165) is 12.1 Å². The fraction of sp³-hybridized carbons (Fsp3) is 0. The maximum absolute atomic E-state index is 12.8. The molecule has 0 aliphatic rings. The van der Waals surface area contributed by atoms with Crippen molar-refractivity contribution in [1.82, 2.24) is 0 Å². The number of benzene rings is 1. The summed E-state index contributed by atoms with van der Waals surface area (Å²) in [5.41, 5.74) is 0.0801. The molecule has 12 heavy (non-hydrogen) atoms. The van der Waals surface area contributed by atoms with Crippen molar-refractivity contribution in [2.75, 3.05) is 0 Å². The first-order valence-electron chi connectivity index (χ1n) is 3.26. The Bertz CT molecular complexity index is 350. The summed E-state index contributed by atoms with van der Waals surface area (Å²) >= 11 is 0. The standard InChI is InChI=1S/C9H5F2N/c10-8-5-1-3-7(9(8)11)4-2-6-12/h1-5H/b4-2+. The summed E-state index contributed by atoms with van der Waals surface area (Å²) in [6.07, 6.45) is 2.32. The van der Waals surface area contributed by atoms with Gasteiger partial charge in [0.2, 0.25) is 0 Å². The van der Waals surface area contributed by atoms with Crippen LogP contribution in [0.2, 0.25) is 0 Å². The first-order valence-corrected chi connectivity index (χ1v) is 3.26. The number of hydrogen-bond acceptors (Lipinski definition) is 1. The molecular formula is C9H5F2N. The molecule has 0 fully saturated rings. The molecule has 0 aliphatic carbocycles. The van der Waals surface area contributed by atoms with Gasteiger partial charge in [0, 0.05) is 11.6 Å². The molecule has 1 nitrogen and oxygen atoms in total. The van der Waals surface area contributed by atoms with Crippen LogP contribution < -0.4 is 0 Å². The van der Waals surface area contributed by atoms with Gasteiger partial charge in [-0.05, 0) is 12.1 Å². The Balaban J connectivity index is 3.10. The summed E-state index contributed by atoms with van der Waals surface area (Å²) in [6, 6.07) is 5.50. The van der Waals surface area contributed by atoms with Crippen LogP contribution >= 0.6 is 0 Å². The fourth-order valence-electron chi connectivity index (χ4n) is 0.776. The molecular weight excluding hydrogens is 160 g/mol. The summed E-state index contributed by atoms with van der Waals surface area (Å²) in [7, 11) is 0. The number of halogens is 2. The van der Waals surface area contributed by atoms with E-state index in [9.17, 15) is 8.78 Å². The van der Waals surface area contributed by atoms with E-state index < -0.39 is 11.6 Å². The van der Waals surface area contributed by atoms with Crippen LogP contribution in [0.25, 0.3) is 6.08 Å². The first kappa shape index (κ1) is 8.41. The van der Waals surface area contributed by atoms with Crippen molar-refractivity contribution >= 4 is 6.08 Å². The predicted octanol–water partition coefficient (Wildman–Crippen LogP) is 2.50. The van der Waals surface area contributed by atoms with Crippen LogP contribution in [0.5, 0.6) is 0 Å². The second-order valence-electron chi connectivity index (χ2n) is 2.11. The zero-order valence-corrected chi connectivity index (χ0v) is 6.09. The van der Waals surface area contributed by atoms with Gasteiger partial charge < -0.3 is 0 Å². The summed E-state index contributed by atoms with van der Waals surface area (Å²) < 4.78 is 25.3. The molecule has 0 N–H and O–H groups in total. The lowest BCUT2D eigenvalue weighted by molar-refractivity contribution is 0.507. The Morgan fingerprint density at radius 3 is 2.75 bits per heavy atom. The van der Waals surface area contributed by atoms with Crippen LogP contribution in [0.15, 0.2) is 24.3 Å². The van der Waals surface area contributed by atoms with Crippen molar-refractivity contribution in [2.45, 2.75) is 0 Å². The molecule has 0 saturated heterocycles. The minimum absolute atomic E-state index is 0.0801. The van der Waals surface area contributed by atoms with Gasteiger partial charge in [0.15, 0.2) is 11.6 Å². The van der Waals surface area contributed by atoms with E-state index in [0.29, 0.717) is 0 Å². The van der Waals surface area contributed by atoms with E-state index in [-0.39, 0.29) is 5.56 Å². The molecule has 0 amide bonds. The van der Waals surface area contributed by atoms with Gasteiger partial charge in [0.25, 0.3) is 0 Å². The van der Waals surface area contributed by atoms with Crippen molar-refractivity contribution < 1.29 is 8.78 Å². The lowest BCUT2D eigenvalue weighted by Gasteiger charge is -1.95. The van der Waals surface area contributed by atoms with E-state index in [1.54, 1.807) is 6.07 Å². The molecule has 0 aromatic heterocycles. The van der Waals surface area contributed by atoms with Gasteiger partial charge in [-0.15, -0.1) is 0 Å². The van der Waals surface area contributed by atoms with Crippen LogP contribution in [0.4, 0.5) is 8.78 Å². The van der Waals surface area contributed by atoms with Crippen LogP contribution in [-0.4, -0.2) is 0 Å². The van der Waals surface area contributed by atoms with Crippen molar-refractivity contribution in [3.8, 4) is 6.07 Å². The van der Waals surface area contributed by atoms with E-state index in [1.807, 2.05) is 0 Å². The zero-order chi connectivity index (χ0) is 8.97. The minimum Gasteiger partial charge on any atom is -0.204 e. The predicted molar refractivity (Wildman–Crippen MR) is 41.0 cm³/mol. The third-order valence-corrected chi connectivity index (χ3v) is 1.32. The molecule has 0 bridgehead atoms. The molecule has 1 aromatic rings. The van der Waals surface area contributed by atoms with Crippen molar-refractivity contribution in [3.05, 3.63) is 41.5 Å². The van der Waals surface area contributed by atoms with Gasteiger partial charge in [0.05, 0.1) is 6.07 Å². The number of nitriles is 1. The maximum Gasteiger partial charge on any atom is 0.166 e. The molecule has 0 aliphatic heterocycles. The summed E-state index contributed by atoms with van der Waals surface area (Å²) in [4.78, 5) is 0. The fourth-order valence-corrected chi connectivity index (χ4v) is 0.776. The highest BCUT2D eigenvalue weighted by atomic mass is 19.2. The Hall–Kier alpha value is -1.69. The highest BCUT2D eigenvalue weighted by Gasteiger charge is 2.03. The molecule has 1 aromatic carbocycles. The lowest BCUT2D eigenvalue weighted by Crippen LogP contribution is -1.86. The molecule has 0 atom stereocenters. The molecule has 1 rings (SSSR count). The number of rotatable bonds is 1. The highest BCUT2D eigenvalue weighted by molar-refractivity contribution is 5.52. The Morgan fingerprint density at radius 2 is 2.08 bits per heavy atom. The van der Waals surface area contributed by atoms with Crippen LogP contribution in [0.1, 0.15) is 5.56 Å². The average Bonchev–Trinajstić information content (AvgIpc) is 2.08. The van der Waals surface area contributed by atoms with Crippen LogP contribution in [-0.2, 0) is 0 Å². The highest BCUT2D eigenvalue weighted by Crippen LogP contribution is 2.12. The second-order valence-corrected chi connectivity index (χ2v) is 2.11. The Kier molecular flexibility index (Phi) is 2.54. The second kappa shape index (κ2) is 3.63. The third-order valence-electron chi connectivity index (χ3n) is 1.32. The molecule has 0 saturated carbocycles. The van der Waals surface area contributed by atoms with Crippen molar-refractivity contribution in [2.24, 2.45) is 0 Å². The third kappa shape index (κ3) is 1.67. The van der Waals surface area contributed by atoms with Gasteiger partial charge in [-0.2, -0.15) is 5.26 Å².